The number of aryl methyl sites for hydroxylation is 1. The molecule has 4 heteroatoms. The molecule has 1 aliphatic rings. The minimum atomic E-state index is -2.49. The maximum Gasteiger partial charge on any atom is 0.267 e. The molecule has 1 saturated heterocycles. The molecule has 0 radical (unpaired) electrons. The largest absolute Gasteiger partial charge is 0.496 e. The van der Waals surface area contributed by atoms with Gasteiger partial charge in [-0.3, -0.25) is 0 Å². The van der Waals surface area contributed by atoms with Crippen molar-refractivity contribution in [2.24, 2.45) is 5.92 Å². The lowest BCUT2D eigenvalue weighted by Gasteiger charge is -2.24. The molecule has 1 unspecified atom stereocenters. The summed E-state index contributed by atoms with van der Waals surface area (Å²) in [5, 5.41) is 3.36. The van der Waals surface area contributed by atoms with Crippen LogP contribution in [0.15, 0.2) is 12.1 Å². The number of hydrogen-bond acceptors (Lipinski definition) is 2. The van der Waals surface area contributed by atoms with Crippen molar-refractivity contribution < 1.29 is 13.5 Å². The summed E-state index contributed by atoms with van der Waals surface area (Å²) in [5.41, 5.74) is 1.79. The van der Waals surface area contributed by atoms with Gasteiger partial charge in [0.05, 0.1) is 12.7 Å². The van der Waals surface area contributed by atoms with E-state index in [2.05, 4.69) is 5.32 Å². The maximum atomic E-state index is 13.1. The summed E-state index contributed by atoms with van der Waals surface area (Å²) in [6.07, 6.45) is 0.615. The molecule has 1 aromatic carbocycles. The van der Waals surface area contributed by atoms with E-state index in [1.54, 1.807) is 0 Å². The minimum absolute atomic E-state index is 0.0151. The lowest BCUT2D eigenvalue weighted by atomic mass is 9.90. The van der Waals surface area contributed by atoms with Crippen molar-refractivity contribution in [2.45, 2.75) is 32.6 Å². The van der Waals surface area contributed by atoms with Gasteiger partial charge >= 0.3 is 0 Å². The standard InChI is InChI=1S/C15H21F2NO/c1-10-6-12(8-11-4-3-5-18-9-11)14(19-2)13(7-10)15(16)17/h6-7,11,15,18H,3-5,8-9H2,1-2H3. The lowest BCUT2D eigenvalue weighted by Crippen LogP contribution is -2.31. The topological polar surface area (TPSA) is 21.3 Å². The fourth-order valence-corrected chi connectivity index (χ4v) is 2.85. The van der Waals surface area contributed by atoms with Crippen LogP contribution in [0.4, 0.5) is 8.78 Å². The Balaban J connectivity index is 2.27. The van der Waals surface area contributed by atoms with Crippen LogP contribution in [0.1, 0.15) is 36.0 Å². The molecular weight excluding hydrogens is 248 g/mol. The highest BCUT2D eigenvalue weighted by molar-refractivity contribution is 5.45. The van der Waals surface area contributed by atoms with Gasteiger partial charge in [0.25, 0.3) is 6.43 Å². The van der Waals surface area contributed by atoms with Crippen molar-refractivity contribution in [2.75, 3.05) is 20.2 Å². The molecule has 1 aromatic rings. The molecule has 1 heterocycles. The van der Waals surface area contributed by atoms with Gasteiger partial charge in [-0.2, -0.15) is 0 Å². The monoisotopic (exact) mass is 269 g/mol. The molecular formula is C15H21F2NO. The SMILES string of the molecule is COc1c(CC2CCCNC2)cc(C)cc1C(F)F. The van der Waals surface area contributed by atoms with Gasteiger partial charge in [0.1, 0.15) is 5.75 Å². The fraction of sp³-hybridized carbons (Fsp3) is 0.600. The zero-order valence-electron chi connectivity index (χ0n) is 11.5. The number of rotatable bonds is 4. The zero-order valence-corrected chi connectivity index (χ0v) is 11.5. The van der Waals surface area contributed by atoms with Gasteiger partial charge in [0, 0.05) is 0 Å². The molecule has 2 rings (SSSR count). The van der Waals surface area contributed by atoms with Crippen LogP contribution >= 0.6 is 0 Å². The van der Waals surface area contributed by atoms with Gasteiger partial charge in [-0.15, -0.1) is 0 Å². The van der Waals surface area contributed by atoms with Crippen LogP contribution in [0.25, 0.3) is 0 Å². The molecule has 0 aliphatic carbocycles. The Hall–Kier alpha value is -1.16. The summed E-state index contributed by atoms with van der Waals surface area (Å²) in [4.78, 5) is 0. The van der Waals surface area contributed by atoms with E-state index in [0.29, 0.717) is 11.7 Å². The Bertz CT molecular complexity index is 428. The molecule has 106 valence electrons. The summed E-state index contributed by atoms with van der Waals surface area (Å²) >= 11 is 0. The van der Waals surface area contributed by atoms with Crippen molar-refractivity contribution >= 4 is 0 Å². The van der Waals surface area contributed by atoms with E-state index in [9.17, 15) is 8.78 Å². The number of alkyl halides is 2. The summed E-state index contributed by atoms with van der Waals surface area (Å²) in [7, 11) is 1.47. The first-order valence-corrected chi connectivity index (χ1v) is 6.78. The Kier molecular flexibility index (Phi) is 4.75. The molecule has 0 bridgehead atoms. The van der Waals surface area contributed by atoms with Gasteiger partial charge in [-0.1, -0.05) is 11.6 Å². The molecule has 1 N–H and O–H groups in total. The molecule has 1 aliphatic heterocycles. The first-order chi connectivity index (χ1) is 9.11. The van der Waals surface area contributed by atoms with Crippen LogP contribution in [0, 0.1) is 12.8 Å². The van der Waals surface area contributed by atoms with Crippen LogP contribution < -0.4 is 10.1 Å². The number of benzene rings is 1. The second-order valence-corrected chi connectivity index (χ2v) is 5.26. The molecule has 1 fully saturated rings. The third-order valence-corrected chi connectivity index (χ3v) is 3.69. The average Bonchev–Trinajstić information content (AvgIpc) is 2.39. The van der Waals surface area contributed by atoms with Crippen molar-refractivity contribution in [3.8, 4) is 5.75 Å². The maximum absolute atomic E-state index is 13.1. The Morgan fingerprint density at radius 3 is 2.79 bits per heavy atom. The third kappa shape index (κ3) is 3.44. The van der Waals surface area contributed by atoms with E-state index < -0.39 is 6.43 Å². The molecule has 0 aromatic heterocycles. The van der Waals surface area contributed by atoms with Crippen molar-refractivity contribution in [1.29, 1.82) is 0 Å². The molecule has 0 amide bonds. The summed E-state index contributed by atoms with van der Waals surface area (Å²) in [6, 6.07) is 3.49. The minimum Gasteiger partial charge on any atom is -0.496 e. The van der Waals surface area contributed by atoms with Gasteiger partial charge in [-0.05, 0) is 56.8 Å². The van der Waals surface area contributed by atoms with Crippen LogP contribution in [-0.2, 0) is 6.42 Å². The van der Waals surface area contributed by atoms with Gasteiger partial charge in [0.15, 0.2) is 0 Å². The summed E-state index contributed by atoms with van der Waals surface area (Å²) in [5.74, 6) is 0.876. The van der Waals surface area contributed by atoms with Crippen molar-refractivity contribution in [3.63, 3.8) is 0 Å². The van der Waals surface area contributed by atoms with Gasteiger partial charge in [0.2, 0.25) is 0 Å². The number of methoxy groups -OCH3 is 1. The van der Waals surface area contributed by atoms with Crippen LogP contribution in [0.5, 0.6) is 5.75 Å². The number of ether oxygens (including phenoxy) is 1. The first kappa shape index (κ1) is 14.3. The smallest absolute Gasteiger partial charge is 0.267 e. The number of piperidine rings is 1. The van der Waals surface area contributed by atoms with Gasteiger partial charge in [-0.25, -0.2) is 8.78 Å². The Labute approximate surface area is 113 Å². The van der Waals surface area contributed by atoms with Crippen LogP contribution in [0.3, 0.4) is 0 Å². The van der Waals surface area contributed by atoms with E-state index in [4.69, 9.17) is 4.74 Å². The normalized spacial score (nSPS) is 19.7. The second kappa shape index (κ2) is 6.33. The van der Waals surface area contributed by atoms with E-state index in [1.807, 2.05) is 13.0 Å². The quantitative estimate of drug-likeness (QED) is 0.903. The van der Waals surface area contributed by atoms with Crippen molar-refractivity contribution in [1.82, 2.24) is 5.32 Å². The predicted molar refractivity (Wildman–Crippen MR) is 72.0 cm³/mol. The highest BCUT2D eigenvalue weighted by Gasteiger charge is 2.21. The number of hydrogen-bond donors (Lipinski definition) is 1. The molecule has 1 atom stereocenters. The van der Waals surface area contributed by atoms with E-state index in [-0.39, 0.29) is 5.56 Å². The highest BCUT2D eigenvalue weighted by atomic mass is 19.3. The zero-order chi connectivity index (χ0) is 13.8. The van der Waals surface area contributed by atoms with E-state index >= 15 is 0 Å². The molecule has 0 spiro atoms. The highest BCUT2D eigenvalue weighted by Crippen LogP contribution is 2.35. The Morgan fingerprint density at radius 1 is 1.42 bits per heavy atom. The average molecular weight is 269 g/mol. The second-order valence-electron chi connectivity index (χ2n) is 5.26. The fourth-order valence-electron chi connectivity index (χ4n) is 2.85. The number of halogens is 2. The molecule has 0 saturated carbocycles. The molecule has 19 heavy (non-hydrogen) atoms. The van der Waals surface area contributed by atoms with Gasteiger partial charge < -0.3 is 10.1 Å². The third-order valence-electron chi connectivity index (χ3n) is 3.69. The van der Waals surface area contributed by atoms with Crippen molar-refractivity contribution in [3.05, 3.63) is 28.8 Å². The predicted octanol–water partition coefficient (Wildman–Crippen LogP) is 3.48. The summed E-state index contributed by atoms with van der Waals surface area (Å²) in [6.45, 7) is 3.87. The van der Waals surface area contributed by atoms with E-state index in [0.717, 1.165) is 43.5 Å². The lowest BCUT2D eigenvalue weighted by molar-refractivity contribution is 0.146. The van der Waals surface area contributed by atoms with Crippen LogP contribution in [-0.4, -0.2) is 20.2 Å². The Morgan fingerprint density at radius 2 is 2.21 bits per heavy atom. The van der Waals surface area contributed by atoms with E-state index in [1.165, 1.54) is 13.2 Å². The first-order valence-electron chi connectivity index (χ1n) is 6.78. The van der Waals surface area contributed by atoms with Crippen LogP contribution in [0.2, 0.25) is 0 Å². The summed E-state index contributed by atoms with van der Waals surface area (Å²) < 4.78 is 31.4. The molecule has 2 nitrogen and oxygen atoms in total. The number of nitrogens with one attached hydrogen (secondary N) is 1.